The van der Waals surface area contributed by atoms with Crippen LogP contribution in [0.2, 0.25) is 0 Å². The molecule has 1 aromatic carbocycles. The Balaban J connectivity index is 1.95. The minimum atomic E-state index is -4.38. The lowest BCUT2D eigenvalue weighted by molar-refractivity contribution is -0.137. The number of carbonyl (C=O) groups excluding carboxylic acids is 2. The quantitative estimate of drug-likeness (QED) is 0.879. The highest BCUT2D eigenvalue weighted by molar-refractivity contribution is 5.89. The normalized spacial score (nSPS) is 19.4. The molecular weight excluding hydrogens is 333 g/mol. The molecule has 1 aliphatic rings. The Morgan fingerprint density at radius 2 is 1.84 bits per heavy atom. The van der Waals surface area contributed by atoms with Crippen LogP contribution in [0.15, 0.2) is 24.3 Å². The summed E-state index contributed by atoms with van der Waals surface area (Å²) in [5.74, 6) is -0.358. The fourth-order valence-electron chi connectivity index (χ4n) is 2.94. The Hall–Kier alpha value is -2.05. The van der Waals surface area contributed by atoms with Gasteiger partial charge in [-0.2, -0.15) is 13.2 Å². The molecule has 25 heavy (non-hydrogen) atoms. The molecule has 1 N–H and O–H groups in total. The van der Waals surface area contributed by atoms with E-state index in [2.05, 4.69) is 5.32 Å². The van der Waals surface area contributed by atoms with Crippen LogP contribution < -0.4 is 5.32 Å². The van der Waals surface area contributed by atoms with Crippen LogP contribution in [0.3, 0.4) is 0 Å². The molecule has 2 rings (SSSR count). The maximum absolute atomic E-state index is 12.6. The van der Waals surface area contributed by atoms with E-state index in [-0.39, 0.29) is 18.2 Å². The lowest BCUT2D eigenvalue weighted by Gasteiger charge is -2.20. The van der Waals surface area contributed by atoms with Crippen molar-refractivity contribution in [3.05, 3.63) is 35.4 Å². The number of amides is 2. The van der Waals surface area contributed by atoms with Gasteiger partial charge in [0, 0.05) is 19.5 Å². The summed E-state index contributed by atoms with van der Waals surface area (Å²) in [5, 5.41) is 2.79. The van der Waals surface area contributed by atoms with Crippen LogP contribution in [0.1, 0.15) is 44.4 Å². The molecule has 1 fully saturated rings. The van der Waals surface area contributed by atoms with E-state index in [0.29, 0.717) is 24.6 Å². The Bertz CT molecular complexity index is 626. The van der Waals surface area contributed by atoms with Crippen LogP contribution in [-0.2, 0) is 15.8 Å². The van der Waals surface area contributed by atoms with Gasteiger partial charge in [-0.15, -0.1) is 0 Å². The van der Waals surface area contributed by atoms with Gasteiger partial charge >= 0.3 is 6.18 Å². The first kappa shape index (κ1) is 19.3. The summed E-state index contributed by atoms with van der Waals surface area (Å²) in [6, 6.07) is 4.30. The lowest BCUT2D eigenvalue weighted by atomic mass is 10.0. The largest absolute Gasteiger partial charge is 0.416 e. The average molecular weight is 356 g/mol. The van der Waals surface area contributed by atoms with Crippen molar-refractivity contribution < 1.29 is 22.8 Å². The third-order valence-corrected chi connectivity index (χ3v) is 4.27. The first-order valence-electron chi connectivity index (χ1n) is 8.33. The Labute approximate surface area is 145 Å². The molecule has 1 heterocycles. The van der Waals surface area contributed by atoms with E-state index in [0.717, 1.165) is 12.1 Å². The molecule has 0 radical (unpaired) electrons. The first-order chi connectivity index (χ1) is 11.6. The number of hydrogen-bond donors (Lipinski definition) is 1. The van der Waals surface area contributed by atoms with E-state index >= 15 is 0 Å². The van der Waals surface area contributed by atoms with Gasteiger partial charge in [-0.25, -0.2) is 0 Å². The Kier molecular flexibility index (Phi) is 5.75. The second-order valence-corrected chi connectivity index (χ2v) is 6.94. The Morgan fingerprint density at radius 3 is 2.36 bits per heavy atom. The van der Waals surface area contributed by atoms with E-state index in [4.69, 9.17) is 0 Å². The lowest BCUT2D eigenvalue weighted by Crippen LogP contribution is -2.35. The zero-order valence-electron chi connectivity index (χ0n) is 14.6. The summed E-state index contributed by atoms with van der Waals surface area (Å²) in [6.07, 6.45) is -4.20. The SMILES string of the molecule is CC(C)CN1C[C@H](C(=O)N[C@H](C)c2ccc(C(F)(F)F)cc2)CC1=O. The highest BCUT2D eigenvalue weighted by Gasteiger charge is 2.35. The van der Waals surface area contributed by atoms with Gasteiger partial charge in [0.25, 0.3) is 0 Å². The molecule has 7 heteroatoms. The molecule has 1 saturated heterocycles. The van der Waals surface area contributed by atoms with Gasteiger partial charge in [-0.3, -0.25) is 9.59 Å². The molecule has 2 amide bonds. The molecule has 0 aromatic heterocycles. The van der Waals surface area contributed by atoms with Crippen molar-refractivity contribution in [2.24, 2.45) is 11.8 Å². The third-order valence-electron chi connectivity index (χ3n) is 4.27. The van der Waals surface area contributed by atoms with Crippen molar-refractivity contribution in [3.63, 3.8) is 0 Å². The number of halogens is 3. The summed E-state index contributed by atoms with van der Waals surface area (Å²) < 4.78 is 37.8. The van der Waals surface area contributed by atoms with Gasteiger partial charge in [0.05, 0.1) is 17.5 Å². The van der Waals surface area contributed by atoms with E-state index < -0.39 is 23.7 Å². The van der Waals surface area contributed by atoms with Gasteiger partial charge in [0.15, 0.2) is 0 Å². The third kappa shape index (κ3) is 4.96. The summed E-state index contributed by atoms with van der Waals surface area (Å²) in [6.45, 7) is 6.74. The van der Waals surface area contributed by atoms with Crippen molar-refractivity contribution in [1.29, 1.82) is 0 Å². The van der Waals surface area contributed by atoms with Gasteiger partial charge in [-0.05, 0) is 30.5 Å². The number of carbonyl (C=O) groups is 2. The van der Waals surface area contributed by atoms with Crippen LogP contribution in [0, 0.1) is 11.8 Å². The minimum Gasteiger partial charge on any atom is -0.349 e. The zero-order chi connectivity index (χ0) is 18.8. The molecule has 0 unspecified atom stereocenters. The number of benzene rings is 1. The molecule has 0 bridgehead atoms. The summed E-state index contributed by atoms with van der Waals surface area (Å²) in [5.41, 5.74) is -0.134. The zero-order valence-corrected chi connectivity index (χ0v) is 14.6. The van der Waals surface area contributed by atoms with Crippen LogP contribution in [-0.4, -0.2) is 29.8 Å². The summed E-state index contributed by atoms with van der Waals surface area (Å²) in [7, 11) is 0. The van der Waals surface area contributed by atoms with Crippen LogP contribution in [0.25, 0.3) is 0 Å². The maximum atomic E-state index is 12.6. The number of rotatable bonds is 5. The highest BCUT2D eigenvalue weighted by Crippen LogP contribution is 2.30. The molecule has 0 saturated carbocycles. The van der Waals surface area contributed by atoms with Crippen molar-refractivity contribution in [2.45, 2.75) is 39.4 Å². The van der Waals surface area contributed by atoms with E-state index in [9.17, 15) is 22.8 Å². The highest BCUT2D eigenvalue weighted by atomic mass is 19.4. The van der Waals surface area contributed by atoms with Gasteiger partial charge in [0.1, 0.15) is 0 Å². The van der Waals surface area contributed by atoms with Crippen LogP contribution in [0.4, 0.5) is 13.2 Å². The molecule has 1 aromatic rings. The molecule has 0 aliphatic carbocycles. The molecule has 4 nitrogen and oxygen atoms in total. The predicted octanol–water partition coefficient (Wildman–Crippen LogP) is 3.39. The van der Waals surface area contributed by atoms with Crippen molar-refractivity contribution in [2.75, 3.05) is 13.1 Å². The first-order valence-corrected chi connectivity index (χ1v) is 8.33. The number of nitrogens with one attached hydrogen (secondary N) is 1. The molecule has 1 aliphatic heterocycles. The van der Waals surface area contributed by atoms with Crippen molar-refractivity contribution in [1.82, 2.24) is 10.2 Å². The molecule has 2 atom stereocenters. The van der Waals surface area contributed by atoms with Gasteiger partial charge in [0.2, 0.25) is 11.8 Å². The monoisotopic (exact) mass is 356 g/mol. The number of likely N-dealkylation sites (tertiary alicyclic amines) is 1. The van der Waals surface area contributed by atoms with Gasteiger partial charge in [-0.1, -0.05) is 26.0 Å². The number of alkyl halides is 3. The van der Waals surface area contributed by atoms with Gasteiger partial charge < -0.3 is 10.2 Å². The number of nitrogens with zero attached hydrogens (tertiary/aromatic N) is 1. The van der Waals surface area contributed by atoms with E-state index in [1.54, 1.807) is 11.8 Å². The Morgan fingerprint density at radius 1 is 1.24 bits per heavy atom. The van der Waals surface area contributed by atoms with Crippen LogP contribution >= 0.6 is 0 Å². The van der Waals surface area contributed by atoms with Crippen molar-refractivity contribution >= 4 is 11.8 Å². The van der Waals surface area contributed by atoms with Crippen molar-refractivity contribution in [3.8, 4) is 0 Å². The number of hydrogen-bond acceptors (Lipinski definition) is 2. The van der Waals surface area contributed by atoms with E-state index in [1.807, 2.05) is 13.8 Å². The fraction of sp³-hybridized carbons (Fsp3) is 0.556. The standard InChI is InChI=1S/C18H23F3N2O2/c1-11(2)9-23-10-14(8-16(23)24)17(25)22-12(3)13-4-6-15(7-5-13)18(19,20)21/h4-7,11-12,14H,8-10H2,1-3H3,(H,22,25)/t12-,14-/m1/s1. The maximum Gasteiger partial charge on any atom is 0.416 e. The topological polar surface area (TPSA) is 49.4 Å². The molecule has 138 valence electrons. The second kappa shape index (κ2) is 7.45. The molecular formula is C18H23F3N2O2. The predicted molar refractivity (Wildman–Crippen MR) is 87.5 cm³/mol. The fourth-order valence-corrected chi connectivity index (χ4v) is 2.94. The summed E-state index contributed by atoms with van der Waals surface area (Å²) >= 11 is 0. The second-order valence-electron chi connectivity index (χ2n) is 6.94. The average Bonchev–Trinajstić information content (AvgIpc) is 2.87. The molecule has 0 spiro atoms. The minimum absolute atomic E-state index is 0.0315. The van der Waals surface area contributed by atoms with Crippen LogP contribution in [0.5, 0.6) is 0 Å². The smallest absolute Gasteiger partial charge is 0.349 e. The summed E-state index contributed by atoms with van der Waals surface area (Å²) in [4.78, 5) is 26.0. The van der Waals surface area contributed by atoms with E-state index in [1.165, 1.54) is 12.1 Å².